The minimum atomic E-state index is -1.08. The van der Waals surface area contributed by atoms with Crippen LogP contribution in [0.1, 0.15) is 107 Å². The van der Waals surface area contributed by atoms with E-state index in [1.807, 2.05) is 6.92 Å². The molecular weight excluding hydrogens is 476 g/mol. The molecule has 0 aromatic heterocycles. The lowest BCUT2D eigenvalue weighted by molar-refractivity contribution is -0.207. The fourth-order valence-electron chi connectivity index (χ4n) is 12.4. The minimum Gasteiger partial charge on any atom is -0.490 e. The van der Waals surface area contributed by atoms with Crippen LogP contribution in [0.2, 0.25) is 0 Å². The maximum absolute atomic E-state index is 12.4. The van der Waals surface area contributed by atoms with Crippen molar-refractivity contribution in [3.05, 3.63) is 12.3 Å². The third kappa shape index (κ3) is 3.14. The summed E-state index contributed by atoms with van der Waals surface area (Å²) in [6.45, 7) is 21.2. The van der Waals surface area contributed by atoms with Crippen molar-refractivity contribution >= 4 is 0 Å². The molecule has 1 saturated heterocycles. The van der Waals surface area contributed by atoms with Crippen LogP contribution >= 0.6 is 0 Å². The van der Waals surface area contributed by atoms with E-state index in [0.717, 1.165) is 38.5 Å². The summed E-state index contributed by atoms with van der Waals surface area (Å²) in [6, 6.07) is 0. The van der Waals surface area contributed by atoms with Gasteiger partial charge in [-0.3, -0.25) is 0 Å². The average molecular weight is 531 g/mol. The Balaban J connectivity index is 1.35. The zero-order valence-electron chi connectivity index (χ0n) is 25.2. The van der Waals surface area contributed by atoms with Crippen LogP contribution in [0.5, 0.6) is 0 Å². The van der Waals surface area contributed by atoms with Gasteiger partial charge in [0, 0.05) is 5.41 Å². The Hall–Kier alpha value is -0.620. The molecule has 5 aliphatic carbocycles. The van der Waals surface area contributed by atoms with Gasteiger partial charge in [0.2, 0.25) is 0 Å². The molecule has 6 aliphatic rings. The molecule has 0 radical (unpaired) electrons. The number of hydrogen-bond donors (Lipinski definition) is 3. The zero-order valence-corrected chi connectivity index (χ0v) is 25.2. The van der Waals surface area contributed by atoms with Gasteiger partial charge in [0.25, 0.3) is 0 Å². The third-order valence-electron chi connectivity index (χ3n) is 14.2. The van der Waals surface area contributed by atoms with Crippen molar-refractivity contribution in [1.29, 1.82) is 0 Å². The van der Waals surface area contributed by atoms with Crippen molar-refractivity contribution in [2.75, 3.05) is 0 Å². The molecule has 6 fully saturated rings. The molecule has 38 heavy (non-hydrogen) atoms. The maximum Gasteiger partial charge on any atom is 0.152 e. The van der Waals surface area contributed by atoms with E-state index in [0.29, 0.717) is 40.3 Å². The lowest BCUT2D eigenvalue weighted by Crippen LogP contribution is -2.59. The summed E-state index contributed by atoms with van der Waals surface area (Å²) in [5.74, 6) is 2.30. The largest absolute Gasteiger partial charge is 0.490 e. The molecule has 3 N–H and O–H groups in total. The van der Waals surface area contributed by atoms with E-state index in [1.165, 1.54) is 12.8 Å². The normalized spacial score (nSPS) is 55.4. The van der Waals surface area contributed by atoms with Crippen molar-refractivity contribution in [2.24, 2.45) is 50.7 Å². The van der Waals surface area contributed by atoms with Gasteiger partial charge in [-0.2, -0.15) is 0 Å². The van der Waals surface area contributed by atoms with E-state index in [1.54, 1.807) is 13.8 Å². The summed E-state index contributed by atoms with van der Waals surface area (Å²) >= 11 is 0. The standard InChI is InChI=1S/C33H54O5/c1-18(2)37-27(29(6,7)36)20-16-19(3)24-25(38-20)26(35)31(9)22-11-10-21-28(4,5)23(34)12-13-32(21)17-33(22,32)15-14-30(24,31)8/h19-27,34-36H,1,10-17H2,2-9H3/t19-,20?,21+,22?,23?,24+,25?,26+,27?,30?,31-,32?,33?/m1/s1. The second-order valence-electron chi connectivity index (χ2n) is 16.5. The van der Waals surface area contributed by atoms with E-state index in [4.69, 9.17) is 9.47 Å². The average Bonchev–Trinajstić information content (AvgIpc) is 3.44. The van der Waals surface area contributed by atoms with Crippen LogP contribution in [-0.2, 0) is 9.47 Å². The SMILES string of the molecule is C=C(C)OC(C1C[C@@H](C)[C@H]2C(O1)[C@H](O)[C@@]1(C)C3CC[C@H]4C(C)(C)C(O)CCC45CC35CCC21C)C(C)(C)O. The third-order valence-corrected chi connectivity index (χ3v) is 14.2. The van der Waals surface area contributed by atoms with E-state index in [2.05, 4.69) is 41.2 Å². The highest BCUT2D eigenvalue weighted by Crippen LogP contribution is 2.89. The highest BCUT2D eigenvalue weighted by molar-refractivity contribution is 5.32. The monoisotopic (exact) mass is 530 g/mol. The molecular formula is C33H54O5. The first-order valence-corrected chi connectivity index (χ1v) is 15.5. The predicted octanol–water partition coefficient (Wildman–Crippen LogP) is 5.85. The molecule has 0 aromatic carbocycles. The minimum absolute atomic E-state index is 0.0111. The van der Waals surface area contributed by atoms with E-state index in [9.17, 15) is 15.3 Å². The molecule has 5 heteroatoms. The number of ether oxygens (including phenoxy) is 2. The number of rotatable bonds is 4. The van der Waals surface area contributed by atoms with E-state index >= 15 is 0 Å². The van der Waals surface area contributed by atoms with Crippen LogP contribution in [0.3, 0.4) is 0 Å². The molecule has 5 nitrogen and oxygen atoms in total. The molecule has 0 amide bonds. The van der Waals surface area contributed by atoms with Crippen LogP contribution in [-0.4, -0.2) is 51.4 Å². The van der Waals surface area contributed by atoms with E-state index < -0.39 is 17.8 Å². The smallest absolute Gasteiger partial charge is 0.152 e. The highest BCUT2D eigenvalue weighted by Gasteiger charge is 2.84. The van der Waals surface area contributed by atoms with Crippen LogP contribution in [0.15, 0.2) is 12.3 Å². The van der Waals surface area contributed by atoms with Gasteiger partial charge in [0.15, 0.2) is 6.10 Å². The van der Waals surface area contributed by atoms with Crippen molar-refractivity contribution < 1.29 is 24.8 Å². The second kappa shape index (κ2) is 8.01. The molecule has 13 atom stereocenters. The molecule has 216 valence electrons. The molecule has 5 saturated carbocycles. The number of allylic oxidation sites excluding steroid dienone is 1. The summed E-state index contributed by atoms with van der Waals surface area (Å²) in [6.07, 6.45) is 7.08. The highest BCUT2D eigenvalue weighted by atomic mass is 16.6. The first-order valence-electron chi connectivity index (χ1n) is 15.5. The Kier molecular flexibility index (Phi) is 5.81. The summed E-state index contributed by atoms with van der Waals surface area (Å²) in [5.41, 5.74) is -0.669. The second-order valence-corrected chi connectivity index (χ2v) is 16.5. The first kappa shape index (κ1) is 27.5. The fourth-order valence-corrected chi connectivity index (χ4v) is 12.4. The Morgan fingerprint density at radius 1 is 1.00 bits per heavy atom. The lowest BCUT2D eigenvalue weighted by Gasteiger charge is -2.63. The Morgan fingerprint density at radius 3 is 2.26 bits per heavy atom. The first-order chi connectivity index (χ1) is 17.5. The van der Waals surface area contributed by atoms with Crippen molar-refractivity contribution in [2.45, 2.75) is 143 Å². The quantitative estimate of drug-likeness (QED) is 0.397. The van der Waals surface area contributed by atoms with Crippen molar-refractivity contribution in [3.8, 4) is 0 Å². The van der Waals surface area contributed by atoms with Gasteiger partial charge < -0.3 is 24.8 Å². The number of aliphatic hydroxyl groups is 3. The molecule has 8 unspecified atom stereocenters. The zero-order chi connectivity index (χ0) is 27.8. The van der Waals surface area contributed by atoms with Gasteiger partial charge in [-0.05, 0) is 117 Å². The van der Waals surface area contributed by atoms with Gasteiger partial charge in [-0.1, -0.05) is 41.2 Å². The molecule has 0 bridgehead atoms. The molecule has 0 aromatic rings. The molecule has 1 aliphatic heterocycles. The molecule has 1 heterocycles. The summed E-state index contributed by atoms with van der Waals surface area (Å²) in [7, 11) is 0. The number of fused-ring (bicyclic) bond motifs is 4. The predicted molar refractivity (Wildman–Crippen MR) is 148 cm³/mol. The molecule has 2 spiro atoms. The Morgan fingerprint density at radius 2 is 1.63 bits per heavy atom. The topological polar surface area (TPSA) is 79.2 Å². The lowest BCUT2D eigenvalue weighted by atomic mass is 9.41. The Labute approximate surface area is 230 Å². The number of hydrogen-bond acceptors (Lipinski definition) is 5. The van der Waals surface area contributed by atoms with Crippen molar-refractivity contribution in [3.63, 3.8) is 0 Å². The summed E-state index contributed by atoms with van der Waals surface area (Å²) < 4.78 is 13.0. The molecule has 6 rings (SSSR count). The van der Waals surface area contributed by atoms with Crippen LogP contribution in [0.4, 0.5) is 0 Å². The van der Waals surface area contributed by atoms with Crippen LogP contribution < -0.4 is 0 Å². The van der Waals surface area contributed by atoms with Gasteiger partial charge in [-0.25, -0.2) is 0 Å². The van der Waals surface area contributed by atoms with Gasteiger partial charge in [0.05, 0.1) is 35.8 Å². The van der Waals surface area contributed by atoms with Gasteiger partial charge in [-0.15, -0.1) is 0 Å². The number of aliphatic hydroxyl groups excluding tert-OH is 2. The van der Waals surface area contributed by atoms with Gasteiger partial charge >= 0.3 is 0 Å². The summed E-state index contributed by atoms with van der Waals surface area (Å²) in [4.78, 5) is 0. The fraction of sp³-hybridized carbons (Fsp3) is 0.939. The van der Waals surface area contributed by atoms with Crippen molar-refractivity contribution in [1.82, 2.24) is 0 Å². The van der Waals surface area contributed by atoms with E-state index in [-0.39, 0.29) is 34.6 Å². The Bertz CT molecular complexity index is 1000. The summed E-state index contributed by atoms with van der Waals surface area (Å²) in [5, 5.41) is 34.3. The van der Waals surface area contributed by atoms with Crippen LogP contribution in [0.25, 0.3) is 0 Å². The van der Waals surface area contributed by atoms with Gasteiger partial charge in [0.1, 0.15) is 0 Å². The van der Waals surface area contributed by atoms with Crippen LogP contribution in [0, 0.1) is 50.7 Å². The maximum atomic E-state index is 12.4.